The normalized spacial score (nSPS) is 11.2. The molecule has 0 bridgehead atoms. The predicted octanol–water partition coefficient (Wildman–Crippen LogP) is 6.85. The molecule has 7 rings (SSSR count). The fourth-order valence-corrected chi connectivity index (χ4v) is 5.35. The van der Waals surface area contributed by atoms with Gasteiger partial charge in [0.1, 0.15) is 11.5 Å². The molecule has 2 aromatic carbocycles. The molecule has 7 aromatic rings. The van der Waals surface area contributed by atoms with Crippen molar-refractivity contribution in [3.05, 3.63) is 151 Å². The molecule has 0 saturated carbocycles. The van der Waals surface area contributed by atoms with Crippen molar-refractivity contribution in [3.8, 4) is 11.5 Å². The molecule has 5 aromatic heterocycles. The molecule has 0 aliphatic rings. The summed E-state index contributed by atoms with van der Waals surface area (Å²) in [5.41, 5.74) is 3.55. The van der Waals surface area contributed by atoms with Gasteiger partial charge in [-0.15, -0.1) is 10.2 Å². The third-order valence-corrected chi connectivity index (χ3v) is 7.70. The highest BCUT2D eigenvalue weighted by Crippen LogP contribution is 2.38. The second-order valence-corrected chi connectivity index (χ2v) is 11.2. The number of pyridine rings is 4. The minimum atomic E-state index is -0.0434. The summed E-state index contributed by atoms with van der Waals surface area (Å²) in [6.07, 6.45) is 6.97. The van der Waals surface area contributed by atoms with E-state index in [0.717, 1.165) is 22.8 Å². The maximum atomic E-state index is 10.7. The first-order valence-corrected chi connectivity index (χ1v) is 15.8. The summed E-state index contributed by atoms with van der Waals surface area (Å²) < 4.78 is 0. The molecule has 0 amide bonds. The predicted molar refractivity (Wildman–Crippen MR) is 188 cm³/mol. The molecule has 5 heterocycles. The Morgan fingerprint density at radius 1 is 0.460 bits per heavy atom. The van der Waals surface area contributed by atoms with Gasteiger partial charge < -0.3 is 20.0 Å². The minimum Gasteiger partial charge on any atom is -0.507 e. The fourth-order valence-electron chi connectivity index (χ4n) is 5.35. The first kappa shape index (κ1) is 31.7. The lowest BCUT2D eigenvalue weighted by molar-refractivity contribution is 0.475. The van der Waals surface area contributed by atoms with Gasteiger partial charge in [0, 0.05) is 30.2 Å². The van der Waals surface area contributed by atoms with Crippen molar-refractivity contribution in [2.75, 3.05) is 9.80 Å². The Hall–Kier alpha value is -6.89. The van der Waals surface area contributed by atoms with Gasteiger partial charge in [-0.05, 0) is 66.7 Å². The van der Waals surface area contributed by atoms with E-state index in [1.807, 2.05) is 82.6 Å². The zero-order chi connectivity index (χ0) is 34.1. The second kappa shape index (κ2) is 14.9. The molecule has 50 heavy (non-hydrogen) atoms. The van der Waals surface area contributed by atoms with Crippen molar-refractivity contribution in [2.24, 2.45) is 10.2 Å². The average molecular weight is 662 g/mol. The van der Waals surface area contributed by atoms with Crippen molar-refractivity contribution >= 4 is 34.3 Å². The maximum Gasteiger partial charge on any atom is 0.275 e. The van der Waals surface area contributed by atoms with Gasteiger partial charge in [-0.1, -0.05) is 36.4 Å². The molecular formula is C37H31N11O2. The van der Waals surface area contributed by atoms with E-state index >= 15 is 0 Å². The summed E-state index contributed by atoms with van der Waals surface area (Å²) >= 11 is 0. The highest BCUT2D eigenvalue weighted by Gasteiger charge is 2.21. The molecule has 0 atom stereocenters. The van der Waals surface area contributed by atoms with E-state index in [0.29, 0.717) is 54.5 Å². The summed E-state index contributed by atoms with van der Waals surface area (Å²) in [5.74, 6) is 0.647. The SMILES string of the molecule is Oc1ccc(N=Nc2nc(N(Cc3ccccn3)Cc3ccccn3)nc(N(Cc3ccccn3)Cc3ccccn3)n2)c2c(O)cccc12. The Labute approximate surface area is 287 Å². The molecule has 2 N–H and O–H groups in total. The van der Waals surface area contributed by atoms with E-state index in [1.165, 1.54) is 12.1 Å². The van der Waals surface area contributed by atoms with Crippen molar-refractivity contribution in [2.45, 2.75) is 26.2 Å². The van der Waals surface area contributed by atoms with Gasteiger partial charge in [0.25, 0.3) is 5.95 Å². The van der Waals surface area contributed by atoms with Crippen LogP contribution >= 0.6 is 0 Å². The van der Waals surface area contributed by atoms with Crippen LogP contribution < -0.4 is 9.80 Å². The van der Waals surface area contributed by atoms with Gasteiger partial charge in [0.2, 0.25) is 11.9 Å². The number of phenolic OH excluding ortho intramolecular Hbond substituents is 2. The highest BCUT2D eigenvalue weighted by atomic mass is 16.3. The molecule has 13 heteroatoms. The third-order valence-electron chi connectivity index (χ3n) is 7.70. The van der Waals surface area contributed by atoms with E-state index < -0.39 is 0 Å². The van der Waals surface area contributed by atoms with E-state index in [2.05, 4.69) is 30.2 Å². The molecule has 246 valence electrons. The number of aromatic nitrogens is 7. The minimum absolute atomic E-state index is 0.0129. The number of aromatic hydroxyl groups is 2. The van der Waals surface area contributed by atoms with Gasteiger partial charge in [0.15, 0.2) is 0 Å². The van der Waals surface area contributed by atoms with Crippen LogP contribution in [0, 0.1) is 0 Å². The van der Waals surface area contributed by atoms with Crippen LogP contribution in [-0.4, -0.2) is 45.1 Å². The molecular weight excluding hydrogens is 630 g/mol. The first-order chi connectivity index (χ1) is 24.6. The lowest BCUT2D eigenvalue weighted by atomic mass is 10.1. The number of rotatable bonds is 12. The number of azo groups is 1. The second-order valence-electron chi connectivity index (χ2n) is 11.2. The van der Waals surface area contributed by atoms with Crippen molar-refractivity contribution < 1.29 is 10.2 Å². The number of anilines is 2. The Morgan fingerprint density at radius 2 is 0.940 bits per heavy atom. The van der Waals surface area contributed by atoms with E-state index in [9.17, 15) is 10.2 Å². The largest absolute Gasteiger partial charge is 0.507 e. The Morgan fingerprint density at radius 3 is 1.38 bits per heavy atom. The van der Waals surface area contributed by atoms with Gasteiger partial charge in [-0.25, -0.2) is 0 Å². The van der Waals surface area contributed by atoms with E-state index in [-0.39, 0.29) is 17.4 Å². The number of fused-ring (bicyclic) bond motifs is 1. The Balaban J connectivity index is 1.36. The monoisotopic (exact) mass is 661 g/mol. The lowest BCUT2D eigenvalue weighted by Gasteiger charge is -2.26. The van der Waals surface area contributed by atoms with Crippen LogP contribution in [0.2, 0.25) is 0 Å². The molecule has 0 saturated heterocycles. The molecule has 0 unspecified atom stereocenters. The number of phenols is 2. The number of nitrogens with zero attached hydrogens (tertiary/aromatic N) is 11. The standard InChI is InChI=1S/C37H31N11O2/c49-32-17-16-31(34-30(32)14-9-15-33(34)50)45-46-35-42-36(47(22-26-10-1-5-18-38-26)23-27-11-2-6-19-39-27)44-37(43-35)48(24-28-12-3-7-20-40-28)25-29-13-4-8-21-41-29/h1-21,49-50H,22-25H2. The van der Waals surface area contributed by atoms with Crippen LogP contribution in [0.3, 0.4) is 0 Å². The first-order valence-electron chi connectivity index (χ1n) is 15.8. The molecule has 0 fully saturated rings. The quantitative estimate of drug-likeness (QED) is 0.132. The number of hydrogen-bond donors (Lipinski definition) is 2. The Bertz CT molecular complexity index is 2020. The fraction of sp³-hybridized carbons (Fsp3) is 0.108. The number of hydrogen-bond acceptors (Lipinski definition) is 13. The van der Waals surface area contributed by atoms with Gasteiger partial charge >= 0.3 is 0 Å². The van der Waals surface area contributed by atoms with Crippen LogP contribution in [0.4, 0.5) is 23.5 Å². The third kappa shape index (κ3) is 7.63. The molecule has 0 spiro atoms. The summed E-state index contributed by atoms with van der Waals surface area (Å²) in [6.45, 7) is 1.48. The molecule has 13 nitrogen and oxygen atoms in total. The van der Waals surface area contributed by atoms with Gasteiger partial charge in [-0.3, -0.25) is 19.9 Å². The average Bonchev–Trinajstić information content (AvgIpc) is 3.16. The van der Waals surface area contributed by atoms with Crippen LogP contribution in [-0.2, 0) is 26.2 Å². The zero-order valence-corrected chi connectivity index (χ0v) is 26.8. The van der Waals surface area contributed by atoms with Crippen LogP contribution in [0.25, 0.3) is 10.8 Å². The molecule has 0 radical (unpaired) electrons. The van der Waals surface area contributed by atoms with Crippen LogP contribution in [0.15, 0.2) is 138 Å². The molecule has 0 aliphatic carbocycles. The topological polar surface area (TPSA) is 162 Å². The number of benzene rings is 2. The van der Waals surface area contributed by atoms with Crippen molar-refractivity contribution in [3.63, 3.8) is 0 Å². The summed E-state index contributed by atoms with van der Waals surface area (Å²) in [5, 5.41) is 30.8. The smallest absolute Gasteiger partial charge is 0.275 e. The van der Waals surface area contributed by atoms with Crippen LogP contribution in [0.1, 0.15) is 22.8 Å². The summed E-state index contributed by atoms with van der Waals surface area (Å²) in [4.78, 5) is 36.7. The Kier molecular flexibility index (Phi) is 9.45. The summed E-state index contributed by atoms with van der Waals surface area (Å²) in [6, 6.07) is 30.9. The molecule has 0 aliphatic heterocycles. The van der Waals surface area contributed by atoms with Crippen molar-refractivity contribution in [1.29, 1.82) is 0 Å². The van der Waals surface area contributed by atoms with E-state index in [1.54, 1.807) is 43.0 Å². The summed E-state index contributed by atoms with van der Waals surface area (Å²) in [7, 11) is 0. The van der Waals surface area contributed by atoms with E-state index in [4.69, 9.17) is 15.0 Å². The van der Waals surface area contributed by atoms with Gasteiger partial charge in [-0.2, -0.15) is 15.0 Å². The van der Waals surface area contributed by atoms with Crippen LogP contribution in [0.5, 0.6) is 11.5 Å². The van der Waals surface area contributed by atoms with Crippen molar-refractivity contribution in [1.82, 2.24) is 34.9 Å². The zero-order valence-electron chi connectivity index (χ0n) is 26.8. The lowest BCUT2D eigenvalue weighted by Crippen LogP contribution is -2.29. The highest BCUT2D eigenvalue weighted by molar-refractivity contribution is 6.00. The van der Waals surface area contributed by atoms with Gasteiger partial charge in [0.05, 0.1) is 60.0 Å². The maximum absolute atomic E-state index is 10.7.